The number of benzene rings is 2. The maximum atomic E-state index is 13.8. The molecular formula is C21H21Cl3F3NO4. The maximum Gasteiger partial charge on any atom is 0.416 e. The molecule has 0 radical (unpaired) electrons. The summed E-state index contributed by atoms with van der Waals surface area (Å²) in [7, 11) is 0. The zero-order valence-electron chi connectivity index (χ0n) is 16.7. The van der Waals surface area contributed by atoms with Gasteiger partial charge >= 0.3 is 12.1 Å². The van der Waals surface area contributed by atoms with E-state index in [0.29, 0.717) is 22.2 Å². The highest BCUT2D eigenvalue weighted by Gasteiger charge is 2.37. The van der Waals surface area contributed by atoms with Gasteiger partial charge in [0.25, 0.3) is 0 Å². The van der Waals surface area contributed by atoms with Gasteiger partial charge < -0.3 is 14.6 Å². The first-order valence-electron chi connectivity index (χ1n) is 9.47. The molecule has 0 saturated carbocycles. The van der Waals surface area contributed by atoms with Crippen molar-refractivity contribution in [2.24, 2.45) is 0 Å². The number of aliphatic carboxylic acids is 1. The zero-order chi connectivity index (χ0) is 22.6. The van der Waals surface area contributed by atoms with Crippen LogP contribution in [0.25, 0.3) is 0 Å². The highest BCUT2D eigenvalue weighted by Crippen LogP contribution is 2.39. The molecular weight excluding hydrogens is 494 g/mol. The second-order valence-corrected chi connectivity index (χ2v) is 7.85. The van der Waals surface area contributed by atoms with Gasteiger partial charge in [-0.2, -0.15) is 13.2 Å². The van der Waals surface area contributed by atoms with Crippen LogP contribution in [-0.4, -0.2) is 42.2 Å². The van der Waals surface area contributed by atoms with E-state index in [4.69, 9.17) is 37.8 Å². The zero-order valence-corrected chi connectivity index (χ0v) is 19.0. The first kappa shape index (κ1) is 26.5. The largest absolute Gasteiger partial charge is 0.489 e. The molecule has 176 valence electrons. The van der Waals surface area contributed by atoms with Gasteiger partial charge in [-0.05, 0) is 29.8 Å². The molecule has 3 rings (SSSR count). The third-order valence-electron chi connectivity index (χ3n) is 4.91. The van der Waals surface area contributed by atoms with E-state index in [1.54, 1.807) is 23.1 Å². The standard InChI is InChI=1S/C21H20Cl2F3NO4.ClH/c22-17-2-1-3-18(23)15(17)12-31-13-4-5-14(16(10-13)21(24,25)26)19-11-27(8-9-30-19)7-6-20(28)29;/h1-5,10,19H,6-9,11-12H2,(H,28,29);1H. The molecule has 1 N–H and O–H groups in total. The predicted octanol–water partition coefficient (Wildman–Crippen LogP) is 5.86. The van der Waals surface area contributed by atoms with E-state index in [1.807, 2.05) is 0 Å². The second-order valence-electron chi connectivity index (χ2n) is 7.04. The Labute approximate surface area is 199 Å². The maximum absolute atomic E-state index is 13.8. The molecule has 1 saturated heterocycles. The molecule has 1 heterocycles. The van der Waals surface area contributed by atoms with E-state index in [0.717, 1.165) is 6.07 Å². The molecule has 1 aliphatic heterocycles. The Morgan fingerprint density at radius 1 is 1.22 bits per heavy atom. The molecule has 1 fully saturated rings. The third-order valence-corrected chi connectivity index (χ3v) is 5.62. The molecule has 5 nitrogen and oxygen atoms in total. The Morgan fingerprint density at radius 2 is 1.91 bits per heavy atom. The van der Waals surface area contributed by atoms with E-state index in [9.17, 15) is 18.0 Å². The number of rotatable bonds is 7. The summed E-state index contributed by atoms with van der Waals surface area (Å²) in [5.41, 5.74) is -0.399. The van der Waals surface area contributed by atoms with Gasteiger partial charge in [-0.1, -0.05) is 35.3 Å². The monoisotopic (exact) mass is 513 g/mol. The summed E-state index contributed by atoms with van der Waals surface area (Å²) in [5.74, 6) is -0.940. The first-order valence-corrected chi connectivity index (χ1v) is 10.2. The topological polar surface area (TPSA) is 59.0 Å². The molecule has 1 unspecified atom stereocenters. The highest BCUT2D eigenvalue weighted by atomic mass is 35.5. The molecule has 2 aromatic rings. The van der Waals surface area contributed by atoms with Crippen molar-refractivity contribution in [1.82, 2.24) is 4.90 Å². The molecule has 0 aliphatic carbocycles. The van der Waals surface area contributed by atoms with Crippen molar-refractivity contribution >= 4 is 41.6 Å². The van der Waals surface area contributed by atoms with E-state index in [1.165, 1.54) is 12.1 Å². The van der Waals surface area contributed by atoms with Crippen LogP contribution in [0.1, 0.15) is 29.2 Å². The molecule has 0 amide bonds. The number of nitrogens with zero attached hydrogens (tertiary/aromatic N) is 1. The smallest absolute Gasteiger partial charge is 0.416 e. The van der Waals surface area contributed by atoms with Gasteiger partial charge in [0, 0.05) is 35.2 Å². The number of carboxylic acids is 1. The number of ether oxygens (including phenoxy) is 2. The van der Waals surface area contributed by atoms with E-state index in [-0.39, 0.29) is 56.4 Å². The van der Waals surface area contributed by atoms with Crippen molar-refractivity contribution in [3.8, 4) is 5.75 Å². The average molecular weight is 515 g/mol. The number of alkyl halides is 3. The Kier molecular flexibility index (Phi) is 9.48. The van der Waals surface area contributed by atoms with Gasteiger partial charge in [-0.15, -0.1) is 12.4 Å². The van der Waals surface area contributed by atoms with Gasteiger partial charge in [-0.3, -0.25) is 9.69 Å². The van der Waals surface area contributed by atoms with Crippen LogP contribution in [0.4, 0.5) is 13.2 Å². The minimum absolute atomic E-state index is 0. The summed E-state index contributed by atoms with van der Waals surface area (Å²) >= 11 is 12.2. The normalized spacial score (nSPS) is 17.0. The van der Waals surface area contributed by atoms with Crippen LogP contribution in [0.5, 0.6) is 5.75 Å². The quantitative estimate of drug-likeness (QED) is 0.501. The molecule has 1 atom stereocenters. The van der Waals surface area contributed by atoms with Gasteiger partial charge in [0.1, 0.15) is 12.4 Å². The Hall–Kier alpha value is -1.71. The summed E-state index contributed by atoms with van der Waals surface area (Å²) in [6, 6.07) is 8.60. The minimum atomic E-state index is -4.62. The van der Waals surface area contributed by atoms with E-state index < -0.39 is 23.8 Å². The fourth-order valence-corrected chi connectivity index (χ4v) is 3.83. The lowest BCUT2D eigenvalue weighted by molar-refractivity contribution is -0.140. The van der Waals surface area contributed by atoms with Crippen molar-refractivity contribution in [2.45, 2.75) is 25.3 Å². The van der Waals surface area contributed by atoms with Crippen LogP contribution >= 0.6 is 35.6 Å². The van der Waals surface area contributed by atoms with Crippen molar-refractivity contribution in [3.05, 3.63) is 63.1 Å². The van der Waals surface area contributed by atoms with Crippen molar-refractivity contribution in [2.75, 3.05) is 26.2 Å². The summed E-state index contributed by atoms with van der Waals surface area (Å²) in [4.78, 5) is 12.6. The van der Waals surface area contributed by atoms with Crippen LogP contribution in [-0.2, 0) is 22.3 Å². The fourth-order valence-electron chi connectivity index (χ4n) is 3.32. The number of hydrogen-bond acceptors (Lipinski definition) is 4. The van der Waals surface area contributed by atoms with Gasteiger partial charge in [0.15, 0.2) is 0 Å². The van der Waals surface area contributed by atoms with Crippen LogP contribution in [0.2, 0.25) is 10.0 Å². The lowest BCUT2D eigenvalue weighted by Crippen LogP contribution is -2.40. The summed E-state index contributed by atoms with van der Waals surface area (Å²) in [6.07, 6.45) is -5.54. The second kappa shape index (κ2) is 11.4. The van der Waals surface area contributed by atoms with Crippen LogP contribution in [0.15, 0.2) is 36.4 Å². The van der Waals surface area contributed by atoms with E-state index >= 15 is 0 Å². The van der Waals surface area contributed by atoms with Crippen LogP contribution in [0.3, 0.4) is 0 Å². The van der Waals surface area contributed by atoms with Crippen molar-refractivity contribution in [3.63, 3.8) is 0 Å². The average Bonchev–Trinajstić information content (AvgIpc) is 2.71. The number of carboxylic acid groups (broad SMARTS) is 1. The van der Waals surface area contributed by atoms with Crippen molar-refractivity contribution < 1.29 is 32.5 Å². The number of halogens is 6. The molecule has 32 heavy (non-hydrogen) atoms. The summed E-state index contributed by atoms with van der Waals surface area (Å²) in [6.45, 7) is 1.01. The molecule has 2 aromatic carbocycles. The molecule has 1 aliphatic rings. The lowest BCUT2D eigenvalue weighted by Gasteiger charge is -2.34. The van der Waals surface area contributed by atoms with Crippen LogP contribution < -0.4 is 4.74 Å². The number of carbonyl (C=O) groups is 1. The predicted molar refractivity (Wildman–Crippen MR) is 117 cm³/mol. The fraction of sp³-hybridized carbons (Fsp3) is 0.381. The third kappa shape index (κ3) is 6.89. The molecule has 0 spiro atoms. The van der Waals surface area contributed by atoms with Gasteiger partial charge in [-0.25, -0.2) is 0 Å². The molecule has 0 bridgehead atoms. The first-order chi connectivity index (χ1) is 14.6. The number of morpholine rings is 1. The Bertz CT molecular complexity index is 923. The van der Waals surface area contributed by atoms with E-state index in [2.05, 4.69) is 0 Å². The van der Waals surface area contributed by atoms with Crippen molar-refractivity contribution in [1.29, 1.82) is 0 Å². The summed E-state index contributed by atoms with van der Waals surface area (Å²) in [5, 5.41) is 9.56. The Morgan fingerprint density at radius 3 is 2.53 bits per heavy atom. The van der Waals surface area contributed by atoms with Crippen LogP contribution in [0, 0.1) is 0 Å². The highest BCUT2D eigenvalue weighted by molar-refractivity contribution is 6.35. The Balaban J connectivity index is 0.00000363. The molecule has 11 heteroatoms. The molecule has 0 aromatic heterocycles. The summed E-state index contributed by atoms with van der Waals surface area (Å²) < 4.78 is 52.4. The number of hydrogen-bond donors (Lipinski definition) is 1. The SMILES string of the molecule is Cl.O=C(O)CCN1CCOC(c2ccc(OCc3c(Cl)cccc3Cl)cc2C(F)(F)F)C1. The lowest BCUT2D eigenvalue weighted by atomic mass is 10.00. The minimum Gasteiger partial charge on any atom is -0.489 e. The van der Waals surface area contributed by atoms with Gasteiger partial charge in [0.05, 0.1) is 24.7 Å². The van der Waals surface area contributed by atoms with Gasteiger partial charge in [0.2, 0.25) is 0 Å².